The van der Waals surface area contributed by atoms with Gasteiger partial charge in [-0.05, 0) is 32.9 Å². The van der Waals surface area contributed by atoms with Gasteiger partial charge in [0.25, 0.3) is 0 Å². The quantitative estimate of drug-likeness (QED) is 0.855. The van der Waals surface area contributed by atoms with Crippen LogP contribution in [0.3, 0.4) is 0 Å². The fraction of sp³-hybridized carbons (Fsp3) is 0.923. The summed E-state index contributed by atoms with van der Waals surface area (Å²) in [5, 5.41) is 10.0. The largest absolute Gasteiger partial charge is 0.444 e. The lowest BCUT2D eigenvalue weighted by Gasteiger charge is -2.25. The van der Waals surface area contributed by atoms with Crippen LogP contribution < -0.4 is 0 Å². The van der Waals surface area contributed by atoms with Gasteiger partial charge in [-0.25, -0.2) is 4.79 Å². The standard InChI is InChI=1S/C13H25NO3S/c1-5-18-9-11(15)10-6-7-14(8-10)12(16)17-13(2,3)4/h10-11,15H,5-9H2,1-4H3/t10?,11-/m0/s1. The molecule has 5 heteroatoms. The van der Waals surface area contributed by atoms with Crippen LogP contribution in [0.1, 0.15) is 34.1 Å². The Bertz CT molecular complexity index is 278. The van der Waals surface area contributed by atoms with Crippen molar-refractivity contribution < 1.29 is 14.6 Å². The summed E-state index contributed by atoms with van der Waals surface area (Å²) in [6.07, 6.45) is 0.285. The van der Waals surface area contributed by atoms with Crippen molar-refractivity contribution in [1.29, 1.82) is 0 Å². The minimum atomic E-state index is -0.453. The van der Waals surface area contributed by atoms with E-state index < -0.39 is 5.60 Å². The van der Waals surface area contributed by atoms with Crippen LogP contribution >= 0.6 is 11.8 Å². The van der Waals surface area contributed by atoms with Gasteiger partial charge in [0.05, 0.1) is 6.10 Å². The van der Waals surface area contributed by atoms with Gasteiger partial charge in [-0.3, -0.25) is 0 Å². The molecule has 0 aromatic heterocycles. The SMILES string of the molecule is CCSC[C@H](O)C1CCN(C(=O)OC(C)(C)C)C1. The van der Waals surface area contributed by atoms with Crippen LogP contribution in [0.2, 0.25) is 0 Å². The summed E-state index contributed by atoms with van der Waals surface area (Å²) in [4.78, 5) is 13.6. The van der Waals surface area contributed by atoms with E-state index >= 15 is 0 Å². The minimum absolute atomic E-state index is 0.191. The molecule has 4 nitrogen and oxygen atoms in total. The Balaban J connectivity index is 2.38. The lowest BCUT2D eigenvalue weighted by atomic mass is 10.0. The molecule has 2 atom stereocenters. The van der Waals surface area contributed by atoms with Gasteiger partial charge in [0.2, 0.25) is 0 Å². The van der Waals surface area contributed by atoms with E-state index in [1.807, 2.05) is 20.8 Å². The zero-order valence-electron chi connectivity index (χ0n) is 11.8. The van der Waals surface area contributed by atoms with Gasteiger partial charge in [0.1, 0.15) is 5.60 Å². The van der Waals surface area contributed by atoms with Crippen molar-refractivity contribution in [3.05, 3.63) is 0 Å². The summed E-state index contributed by atoms with van der Waals surface area (Å²) in [5.74, 6) is 1.96. The van der Waals surface area contributed by atoms with E-state index in [1.54, 1.807) is 16.7 Å². The average molecular weight is 275 g/mol. The second-order valence-electron chi connectivity index (χ2n) is 5.70. The number of carbonyl (C=O) groups is 1. The molecule has 1 amide bonds. The third-order valence-corrected chi connectivity index (χ3v) is 3.90. The highest BCUT2D eigenvalue weighted by Crippen LogP contribution is 2.23. The molecule has 0 aromatic carbocycles. The van der Waals surface area contributed by atoms with Crippen molar-refractivity contribution in [2.24, 2.45) is 5.92 Å². The topological polar surface area (TPSA) is 49.8 Å². The summed E-state index contributed by atoms with van der Waals surface area (Å²) in [7, 11) is 0. The van der Waals surface area contributed by atoms with Crippen molar-refractivity contribution >= 4 is 17.9 Å². The Hall–Kier alpha value is -0.420. The summed E-state index contributed by atoms with van der Waals surface area (Å²) in [5.41, 5.74) is -0.453. The van der Waals surface area contributed by atoms with Crippen molar-refractivity contribution in [2.75, 3.05) is 24.6 Å². The van der Waals surface area contributed by atoms with Gasteiger partial charge >= 0.3 is 6.09 Å². The Morgan fingerprint density at radius 1 is 1.56 bits per heavy atom. The number of rotatable bonds is 4. The lowest BCUT2D eigenvalue weighted by Crippen LogP contribution is -2.36. The van der Waals surface area contributed by atoms with Crippen LogP contribution in [0.15, 0.2) is 0 Å². The molecule has 1 fully saturated rings. The molecule has 1 rings (SSSR count). The maximum absolute atomic E-state index is 11.9. The first kappa shape index (κ1) is 15.6. The van der Waals surface area contributed by atoms with Crippen molar-refractivity contribution in [2.45, 2.75) is 45.8 Å². The Morgan fingerprint density at radius 3 is 2.78 bits per heavy atom. The summed E-state index contributed by atoms with van der Waals surface area (Å²) in [6.45, 7) is 8.98. The first-order valence-electron chi connectivity index (χ1n) is 6.57. The Labute approximate surface area is 114 Å². The molecule has 1 N–H and O–H groups in total. The summed E-state index contributed by atoms with van der Waals surface area (Å²) >= 11 is 1.74. The van der Waals surface area contributed by atoms with Crippen LogP contribution in [-0.2, 0) is 4.74 Å². The Kier molecular flexibility index (Phi) is 5.79. The Morgan fingerprint density at radius 2 is 2.22 bits per heavy atom. The molecule has 0 spiro atoms. The summed E-state index contributed by atoms with van der Waals surface area (Å²) < 4.78 is 5.33. The highest BCUT2D eigenvalue weighted by molar-refractivity contribution is 7.99. The predicted molar refractivity (Wildman–Crippen MR) is 74.9 cm³/mol. The number of aliphatic hydroxyl groups is 1. The fourth-order valence-electron chi connectivity index (χ4n) is 1.97. The van der Waals surface area contributed by atoms with Gasteiger partial charge < -0.3 is 14.7 Å². The number of likely N-dealkylation sites (tertiary alicyclic amines) is 1. The monoisotopic (exact) mass is 275 g/mol. The van der Waals surface area contributed by atoms with E-state index in [4.69, 9.17) is 4.74 Å². The number of nitrogens with zero attached hydrogens (tertiary/aromatic N) is 1. The van der Waals surface area contributed by atoms with Crippen LogP contribution in [0.5, 0.6) is 0 Å². The summed E-state index contributed by atoms with van der Waals surface area (Å²) in [6, 6.07) is 0. The molecule has 0 aliphatic carbocycles. The maximum Gasteiger partial charge on any atom is 0.410 e. The smallest absolute Gasteiger partial charge is 0.410 e. The number of aliphatic hydroxyl groups excluding tert-OH is 1. The first-order valence-corrected chi connectivity index (χ1v) is 7.72. The third-order valence-electron chi connectivity index (χ3n) is 2.91. The molecule has 18 heavy (non-hydrogen) atoms. The molecule has 106 valence electrons. The van der Waals surface area contributed by atoms with E-state index in [-0.39, 0.29) is 18.1 Å². The van der Waals surface area contributed by atoms with Gasteiger partial charge in [-0.1, -0.05) is 6.92 Å². The number of carbonyl (C=O) groups excluding carboxylic acids is 1. The number of ether oxygens (including phenoxy) is 1. The highest BCUT2D eigenvalue weighted by atomic mass is 32.2. The molecular weight excluding hydrogens is 250 g/mol. The molecule has 0 radical (unpaired) electrons. The van der Waals surface area contributed by atoms with Crippen LogP contribution in [0.4, 0.5) is 4.79 Å². The van der Waals surface area contributed by atoms with Gasteiger partial charge in [-0.2, -0.15) is 11.8 Å². The normalized spacial score (nSPS) is 22.1. The minimum Gasteiger partial charge on any atom is -0.444 e. The zero-order chi connectivity index (χ0) is 13.8. The third kappa shape index (κ3) is 5.06. The fourth-order valence-corrected chi connectivity index (χ4v) is 2.72. The second kappa shape index (κ2) is 6.66. The molecule has 1 unspecified atom stereocenters. The number of amides is 1. The molecule has 1 aliphatic rings. The van der Waals surface area contributed by atoms with E-state index in [0.29, 0.717) is 13.1 Å². The second-order valence-corrected chi connectivity index (χ2v) is 7.02. The molecular formula is C13H25NO3S. The predicted octanol–water partition coefficient (Wildman–Crippen LogP) is 2.36. The van der Waals surface area contributed by atoms with Gasteiger partial charge in [0.15, 0.2) is 0 Å². The molecule has 0 aromatic rings. The number of thioether (sulfide) groups is 1. The van der Waals surface area contributed by atoms with E-state index in [9.17, 15) is 9.90 Å². The highest BCUT2D eigenvalue weighted by Gasteiger charge is 2.33. The molecule has 1 saturated heterocycles. The molecule has 1 heterocycles. The van der Waals surface area contributed by atoms with Gasteiger partial charge in [-0.15, -0.1) is 0 Å². The molecule has 1 aliphatic heterocycles. The molecule has 0 saturated carbocycles. The lowest BCUT2D eigenvalue weighted by molar-refractivity contribution is 0.0274. The van der Waals surface area contributed by atoms with Crippen LogP contribution in [-0.4, -0.2) is 52.4 Å². The number of hydrogen-bond donors (Lipinski definition) is 1. The average Bonchev–Trinajstić information content (AvgIpc) is 2.72. The van der Waals surface area contributed by atoms with Crippen molar-refractivity contribution in [1.82, 2.24) is 4.90 Å². The van der Waals surface area contributed by atoms with Crippen molar-refractivity contribution in [3.63, 3.8) is 0 Å². The molecule has 0 bridgehead atoms. The van der Waals surface area contributed by atoms with E-state index in [2.05, 4.69) is 6.92 Å². The number of hydrogen-bond acceptors (Lipinski definition) is 4. The van der Waals surface area contributed by atoms with Crippen LogP contribution in [0, 0.1) is 5.92 Å². The van der Waals surface area contributed by atoms with Gasteiger partial charge in [0, 0.05) is 24.8 Å². The first-order chi connectivity index (χ1) is 8.33. The zero-order valence-corrected chi connectivity index (χ0v) is 12.6. The van der Waals surface area contributed by atoms with E-state index in [0.717, 1.165) is 17.9 Å². The maximum atomic E-state index is 11.9. The van der Waals surface area contributed by atoms with E-state index in [1.165, 1.54) is 0 Å². The van der Waals surface area contributed by atoms with Crippen LogP contribution in [0.25, 0.3) is 0 Å². The van der Waals surface area contributed by atoms with Crippen molar-refractivity contribution in [3.8, 4) is 0 Å².